The van der Waals surface area contributed by atoms with Gasteiger partial charge in [-0.05, 0) is 36.4 Å². The van der Waals surface area contributed by atoms with Crippen molar-refractivity contribution in [2.24, 2.45) is 0 Å². The normalized spacial score (nSPS) is 11.0. The number of allylic oxidation sites excluding steroid dienone is 1. The first-order valence-electron chi connectivity index (χ1n) is 7.06. The van der Waals surface area contributed by atoms with Crippen molar-refractivity contribution in [1.29, 1.82) is 0 Å². The minimum absolute atomic E-state index is 0.370. The highest BCUT2D eigenvalue weighted by Gasteiger charge is 2.07. The van der Waals surface area contributed by atoms with Gasteiger partial charge in [-0.15, -0.1) is 0 Å². The molecule has 0 saturated heterocycles. The molecule has 0 fully saturated rings. The van der Waals surface area contributed by atoms with Gasteiger partial charge in [-0.25, -0.2) is 0 Å². The molecule has 22 heavy (non-hydrogen) atoms. The first-order chi connectivity index (χ1) is 10.8. The highest BCUT2D eigenvalue weighted by molar-refractivity contribution is 6.16. The summed E-state index contributed by atoms with van der Waals surface area (Å²) in [6.07, 6.45) is 3.69. The van der Waals surface area contributed by atoms with E-state index >= 15 is 0 Å². The molecule has 1 heterocycles. The van der Waals surface area contributed by atoms with Gasteiger partial charge in [0, 0.05) is 16.8 Å². The summed E-state index contributed by atoms with van der Waals surface area (Å²) < 4.78 is 7.13. The molecule has 3 rings (SSSR count). The van der Waals surface area contributed by atoms with Gasteiger partial charge in [0.1, 0.15) is 0 Å². The van der Waals surface area contributed by atoms with Gasteiger partial charge in [-0.3, -0.25) is 0 Å². The predicted molar refractivity (Wildman–Crippen MR) is 91.9 cm³/mol. The zero-order valence-electron chi connectivity index (χ0n) is 12.1. The van der Waals surface area contributed by atoms with Crippen LogP contribution in [-0.2, 0) is 4.65 Å². The van der Waals surface area contributed by atoms with E-state index in [0.29, 0.717) is 5.76 Å². The smallest absolute Gasteiger partial charge is 0.504 e. The van der Waals surface area contributed by atoms with E-state index in [2.05, 4.69) is 41.5 Å². The third-order valence-corrected chi connectivity index (χ3v) is 3.44. The molecule has 4 heteroatoms. The Morgan fingerprint density at radius 3 is 2.59 bits per heavy atom. The van der Waals surface area contributed by atoms with E-state index < -0.39 is 0 Å². The van der Waals surface area contributed by atoms with E-state index in [0.717, 1.165) is 16.9 Å². The molecule has 1 aromatic heterocycles. The fourth-order valence-corrected chi connectivity index (χ4v) is 2.47. The predicted octanol–water partition coefficient (Wildman–Crippen LogP) is 3.43. The fraction of sp³-hybridized carbons (Fsp3) is 0. The summed E-state index contributed by atoms with van der Waals surface area (Å²) in [6, 6.07) is 20.5. The highest BCUT2D eigenvalue weighted by atomic mass is 16.5. The maximum Gasteiger partial charge on any atom is 0.504 e. The number of hydrogen-bond acceptors (Lipinski definition) is 2. The lowest BCUT2D eigenvalue weighted by Crippen LogP contribution is -1.96. The third kappa shape index (κ3) is 2.82. The topological polar surface area (TPSA) is 34.4 Å². The van der Waals surface area contributed by atoms with Gasteiger partial charge in [0.15, 0.2) is 0 Å². The van der Waals surface area contributed by atoms with Crippen molar-refractivity contribution < 1.29 is 9.68 Å². The maximum atomic E-state index is 8.76. The number of nitrogens with zero attached hydrogens (tertiary/aromatic N) is 1. The molecule has 0 saturated carbocycles. The Morgan fingerprint density at radius 2 is 1.82 bits per heavy atom. The lowest BCUT2D eigenvalue weighted by Gasteiger charge is -2.08. The van der Waals surface area contributed by atoms with Crippen molar-refractivity contribution >= 4 is 24.7 Å². The molecule has 1 N–H and O–H groups in total. The molecule has 2 aromatic carbocycles. The van der Waals surface area contributed by atoms with Crippen LogP contribution < -0.4 is 0 Å². The van der Waals surface area contributed by atoms with Crippen molar-refractivity contribution in [3.63, 3.8) is 0 Å². The first-order valence-corrected chi connectivity index (χ1v) is 7.06. The van der Waals surface area contributed by atoms with E-state index in [1.165, 1.54) is 5.39 Å². The molecule has 0 unspecified atom stereocenters. The Bertz CT molecular complexity index is 821. The quantitative estimate of drug-likeness (QED) is 0.443. The number of para-hydroxylation sites is 2. The lowest BCUT2D eigenvalue weighted by molar-refractivity contribution is 0.384. The Labute approximate surface area is 130 Å². The van der Waals surface area contributed by atoms with Crippen LogP contribution in [0.5, 0.6) is 0 Å². The van der Waals surface area contributed by atoms with Crippen molar-refractivity contribution in [3.8, 4) is 5.69 Å². The van der Waals surface area contributed by atoms with Gasteiger partial charge in [-0.1, -0.05) is 43.0 Å². The number of hydrogen-bond donors (Lipinski definition) is 1. The zero-order chi connectivity index (χ0) is 15.4. The van der Waals surface area contributed by atoms with Gasteiger partial charge < -0.3 is 14.2 Å². The van der Waals surface area contributed by atoms with E-state index in [1.54, 1.807) is 6.08 Å². The first kappa shape index (κ1) is 14.2. The lowest BCUT2D eigenvalue weighted by atomic mass is 10.2. The molecule has 0 atom stereocenters. The molecule has 0 amide bonds. The van der Waals surface area contributed by atoms with Crippen LogP contribution in [0.15, 0.2) is 79.1 Å². The molecule has 0 aliphatic carbocycles. The number of fused-ring (bicyclic) bond motifs is 1. The highest BCUT2D eigenvalue weighted by Crippen LogP contribution is 2.25. The Hall–Kier alpha value is -2.72. The third-order valence-electron chi connectivity index (χ3n) is 3.44. The van der Waals surface area contributed by atoms with Gasteiger partial charge in [-0.2, -0.15) is 0 Å². The van der Waals surface area contributed by atoms with E-state index in [1.807, 2.05) is 36.4 Å². The van der Waals surface area contributed by atoms with Crippen LogP contribution in [-0.4, -0.2) is 17.3 Å². The van der Waals surface area contributed by atoms with Crippen LogP contribution in [0.3, 0.4) is 0 Å². The molecule has 3 nitrogen and oxygen atoms in total. The molecular weight excluding hydrogens is 273 g/mol. The Kier molecular flexibility index (Phi) is 4.12. The second-order valence-corrected chi connectivity index (χ2v) is 4.87. The second kappa shape index (κ2) is 6.37. The van der Waals surface area contributed by atoms with Gasteiger partial charge in [0.2, 0.25) is 0 Å². The number of rotatable bonds is 5. The largest absolute Gasteiger partial charge is 0.539 e. The van der Waals surface area contributed by atoms with Crippen molar-refractivity contribution in [1.82, 2.24) is 4.57 Å². The molecule has 0 aliphatic heterocycles. The summed E-state index contributed by atoms with van der Waals surface area (Å²) in [6.45, 7) is 3.74. The van der Waals surface area contributed by atoms with Crippen LogP contribution in [0.25, 0.3) is 22.7 Å². The summed E-state index contributed by atoms with van der Waals surface area (Å²) in [5, 5.41) is 9.93. The fourth-order valence-electron chi connectivity index (χ4n) is 2.47. The molecule has 0 spiro atoms. The SMILES string of the molecule is C=C(/C=C\c1cc2ccccc2n1-c1ccccc1)OBO. The van der Waals surface area contributed by atoms with Crippen LogP contribution in [0.2, 0.25) is 0 Å². The summed E-state index contributed by atoms with van der Waals surface area (Å²) in [5.41, 5.74) is 3.26. The van der Waals surface area contributed by atoms with Crippen LogP contribution in [0.4, 0.5) is 0 Å². The van der Waals surface area contributed by atoms with Crippen LogP contribution in [0, 0.1) is 0 Å². The molecule has 0 bridgehead atoms. The standard InChI is InChI=1S/C18H16BNO2/c1-14(22-19-21)11-12-17-13-15-7-5-6-10-18(15)20(17)16-8-3-2-4-9-16/h2-13,19,21H,1H2/b12-11-. The zero-order valence-corrected chi connectivity index (χ0v) is 12.1. The minimum Gasteiger partial charge on any atom is -0.539 e. The average molecular weight is 289 g/mol. The summed E-state index contributed by atoms with van der Waals surface area (Å²) in [4.78, 5) is 0. The number of aromatic nitrogens is 1. The van der Waals surface area contributed by atoms with E-state index in [-0.39, 0.29) is 7.69 Å². The van der Waals surface area contributed by atoms with Crippen LogP contribution in [0.1, 0.15) is 5.69 Å². The maximum absolute atomic E-state index is 8.76. The Morgan fingerprint density at radius 1 is 1.09 bits per heavy atom. The van der Waals surface area contributed by atoms with E-state index in [4.69, 9.17) is 9.68 Å². The van der Waals surface area contributed by atoms with Crippen molar-refractivity contribution in [2.45, 2.75) is 0 Å². The molecular formula is C18H16BNO2. The average Bonchev–Trinajstić information content (AvgIpc) is 2.92. The van der Waals surface area contributed by atoms with Crippen molar-refractivity contribution in [2.75, 3.05) is 0 Å². The van der Waals surface area contributed by atoms with Crippen LogP contribution >= 0.6 is 0 Å². The van der Waals surface area contributed by atoms with Crippen molar-refractivity contribution in [3.05, 3.63) is 84.8 Å². The molecule has 0 aliphatic rings. The molecule has 108 valence electrons. The second-order valence-electron chi connectivity index (χ2n) is 4.87. The van der Waals surface area contributed by atoms with Gasteiger partial charge >= 0.3 is 7.69 Å². The minimum atomic E-state index is -0.370. The Balaban J connectivity index is 2.11. The summed E-state index contributed by atoms with van der Waals surface area (Å²) in [7, 11) is -0.370. The summed E-state index contributed by atoms with van der Waals surface area (Å²) >= 11 is 0. The molecule has 0 radical (unpaired) electrons. The molecule has 3 aromatic rings. The number of benzene rings is 2. The monoisotopic (exact) mass is 289 g/mol. The van der Waals surface area contributed by atoms with E-state index in [9.17, 15) is 0 Å². The van der Waals surface area contributed by atoms with Gasteiger partial charge in [0.05, 0.1) is 11.3 Å². The van der Waals surface area contributed by atoms with Gasteiger partial charge in [0.25, 0.3) is 0 Å². The summed E-state index contributed by atoms with van der Waals surface area (Å²) in [5.74, 6) is 0.423.